The van der Waals surface area contributed by atoms with Crippen molar-refractivity contribution in [2.75, 3.05) is 0 Å². The number of benzene rings is 1. The number of aryl methyl sites for hydroxylation is 1. The highest BCUT2D eigenvalue weighted by Crippen LogP contribution is 2.33. The third kappa shape index (κ3) is 2.71. The van der Waals surface area contributed by atoms with Gasteiger partial charge in [-0.1, -0.05) is 17.7 Å². The molecule has 1 nitrogen and oxygen atoms in total. The third-order valence-corrected chi connectivity index (χ3v) is 4.99. The molecule has 90 valence electrons. The van der Waals surface area contributed by atoms with Crippen LogP contribution in [-0.2, 0) is 0 Å². The quantitative estimate of drug-likeness (QED) is 0.849. The maximum atomic E-state index is 13.1. The minimum absolute atomic E-state index is 0.102. The van der Waals surface area contributed by atoms with Crippen molar-refractivity contribution in [2.45, 2.75) is 13.0 Å². The Morgan fingerprint density at radius 3 is 2.65 bits per heavy atom. The lowest BCUT2D eigenvalue weighted by Crippen LogP contribution is -2.10. The van der Waals surface area contributed by atoms with Gasteiger partial charge in [0.2, 0.25) is 0 Å². The number of nitrogens with two attached hydrogens (primary N) is 1. The Hall–Kier alpha value is -0.420. The smallest absolute Gasteiger partial charge is 0.141 e. The summed E-state index contributed by atoms with van der Waals surface area (Å²) in [4.78, 5) is 1.03. The van der Waals surface area contributed by atoms with Gasteiger partial charge in [0, 0.05) is 4.88 Å². The minimum atomic E-state index is -0.425. The van der Waals surface area contributed by atoms with Crippen molar-refractivity contribution < 1.29 is 4.39 Å². The molecule has 0 radical (unpaired) electrons. The molecule has 17 heavy (non-hydrogen) atoms. The van der Waals surface area contributed by atoms with E-state index >= 15 is 0 Å². The van der Waals surface area contributed by atoms with E-state index in [0.29, 0.717) is 0 Å². The van der Waals surface area contributed by atoms with Crippen LogP contribution in [0, 0.1) is 12.7 Å². The molecule has 2 N–H and O–H groups in total. The second kappa shape index (κ2) is 5.06. The van der Waals surface area contributed by atoms with Gasteiger partial charge in [-0.05, 0) is 52.2 Å². The summed E-state index contributed by atoms with van der Waals surface area (Å²) in [5, 5.41) is 0.102. The fourth-order valence-corrected chi connectivity index (χ4v) is 3.30. The molecule has 0 fully saturated rings. The van der Waals surface area contributed by atoms with Gasteiger partial charge in [-0.15, -0.1) is 11.3 Å². The summed E-state index contributed by atoms with van der Waals surface area (Å²) >= 11 is 10.8. The van der Waals surface area contributed by atoms with E-state index in [9.17, 15) is 4.39 Å². The third-order valence-electron chi connectivity index (χ3n) is 2.49. The minimum Gasteiger partial charge on any atom is -0.320 e. The average molecular weight is 335 g/mol. The fourth-order valence-electron chi connectivity index (χ4n) is 1.51. The average Bonchev–Trinajstić information content (AvgIpc) is 2.62. The Bertz CT molecular complexity index is 536. The van der Waals surface area contributed by atoms with E-state index in [1.807, 2.05) is 13.0 Å². The van der Waals surface area contributed by atoms with Gasteiger partial charge in [0.15, 0.2) is 0 Å². The van der Waals surface area contributed by atoms with Crippen LogP contribution >= 0.6 is 38.9 Å². The summed E-state index contributed by atoms with van der Waals surface area (Å²) in [5.74, 6) is -0.425. The second-order valence-corrected chi connectivity index (χ2v) is 6.57. The summed E-state index contributed by atoms with van der Waals surface area (Å²) in [6.45, 7) is 2.01. The van der Waals surface area contributed by atoms with E-state index in [1.54, 1.807) is 23.5 Å². The number of hydrogen-bond donors (Lipinski definition) is 1. The molecule has 0 spiro atoms. The molecule has 1 atom stereocenters. The lowest BCUT2D eigenvalue weighted by atomic mass is 10.1. The van der Waals surface area contributed by atoms with Gasteiger partial charge in [0.1, 0.15) is 5.82 Å². The number of thiophene rings is 1. The molecule has 0 amide bonds. The molecule has 0 aliphatic rings. The van der Waals surface area contributed by atoms with E-state index < -0.39 is 5.82 Å². The molecule has 1 aromatic carbocycles. The van der Waals surface area contributed by atoms with Crippen molar-refractivity contribution >= 4 is 38.9 Å². The van der Waals surface area contributed by atoms with Crippen molar-refractivity contribution in [3.63, 3.8) is 0 Å². The van der Waals surface area contributed by atoms with Crippen molar-refractivity contribution in [3.05, 3.63) is 54.9 Å². The largest absolute Gasteiger partial charge is 0.320 e. The molecule has 0 saturated carbocycles. The maximum Gasteiger partial charge on any atom is 0.141 e. The van der Waals surface area contributed by atoms with Crippen LogP contribution in [0.25, 0.3) is 0 Å². The van der Waals surface area contributed by atoms with Gasteiger partial charge in [-0.25, -0.2) is 4.39 Å². The zero-order valence-corrected chi connectivity index (χ0v) is 12.2. The lowest BCUT2D eigenvalue weighted by Gasteiger charge is -2.10. The van der Waals surface area contributed by atoms with Crippen LogP contribution in [0.3, 0.4) is 0 Å². The van der Waals surface area contributed by atoms with Crippen LogP contribution in [0.4, 0.5) is 4.39 Å². The molecule has 0 bridgehead atoms. The Balaban J connectivity index is 2.36. The molecule has 1 unspecified atom stereocenters. The van der Waals surface area contributed by atoms with Gasteiger partial charge in [-0.2, -0.15) is 0 Å². The predicted molar refractivity (Wildman–Crippen MR) is 74.2 cm³/mol. The van der Waals surface area contributed by atoms with Gasteiger partial charge in [0.25, 0.3) is 0 Å². The number of hydrogen-bond acceptors (Lipinski definition) is 2. The zero-order chi connectivity index (χ0) is 12.6. The lowest BCUT2D eigenvalue weighted by molar-refractivity contribution is 0.627. The summed E-state index contributed by atoms with van der Waals surface area (Å²) in [7, 11) is 0. The van der Waals surface area contributed by atoms with Crippen LogP contribution in [0.15, 0.2) is 28.1 Å². The highest BCUT2D eigenvalue weighted by molar-refractivity contribution is 9.11. The van der Waals surface area contributed by atoms with Crippen LogP contribution < -0.4 is 5.73 Å². The van der Waals surface area contributed by atoms with Crippen LogP contribution in [-0.4, -0.2) is 0 Å². The molecule has 0 aliphatic carbocycles. The van der Waals surface area contributed by atoms with E-state index in [4.69, 9.17) is 17.3 Å². The molecule has 0 saturated heterocycles. The first-order valence-electron chi connectivity index (χ1n) is 4.95. The van der Waals surface area contributed by atoms with Gasteiger partial charge < -0.3 is 5.73 Å². The summed E-state index contributed by atoms with van der Waals surface area (Å²) in [5.41, 5.74) is 8.08. The fraction of sp³-hybridized carbons (Fsp3) is 0.167. The second-order valence-electron chi connectivity index (χ2n) is 3.76. The summed E-state index contributed by atoms with van der Waals surface area (Å²) < 4.78 is 14.1. The molecule has 1 aromatic heterocycles. The predicted octanol–water partition coefficient (Wildman–Crippen LogP) is 4.66. The van der Waals surface area contributed by atoms with Crippen molar-refractivity contribution in [3.8, 4) is 0 Å². The van der Waals surface area contributed by atoms with Crippen molar-refractivity contribution in [2.24, 2.45) is 5.73 Å². The van der Waals surface area contributed by atoms with E-state index in [-0.39, 0.29) is 11.1 Å². The van der Waals surface area contributed by atoms with Crippen LogP contribution in [0.5, 0.6) is 0 Å². The number of rotatable bonds is 2. The van der Waals surface area contributed by atoms with Crippen molar-refractivity contribution in [1.29, 1.82) is 0 Å². The Morgan fingerprint density at radius 1 is 1.41 bits per heavy atom. The molecular formula is C12H10BrClFNS. The Morgan fingerprint density at radius 2 is 2.12 bits per heavy atom. The highest BCUT2D eigenvalue weighted by Gasteiger charge is 2.14. The summed E-state index contributed by atoms with van der Waals surface area (Å²) in [6, 6.07) is 6.33. The van der Waals surface area contributed by atoms with Crippen molar-refractivity contribution in [1.82, 2.24) is 0 Å². The molecule has 0 aliphatic heterocycles. The first kappa shape index (κ1) is 13.0. The van der Waals surface area contributed by atoms with E-state index in [1.165, 1.54) is 6.07 Å². The Labute approximate surface area is 117 Å². The number of halogens is 3. The molecule has 1 heterocycles. The van der Waals surface area contributed by atoms with Crippen LogP contribution in [0.2, 0.25) is 5.02 Å². The summed E-state index contributed by atoms with van der Waals surface area (Å²) in [6.07, 6.45) is 0. The molecule has 2 aromatic rings. The highest BCUT2D eigenvalue weighted by atomic mass is 79.9. The van der Waals surface area contributed by atoms with E-state index in [2.05, 4.69) is 15.9 Å². The maximum absolute atomic E-state index is 13.1. The first-order chi connectivity index (χ1) is 7.99. The molecule has 5 heteroatoms. The van der Waals surface area contributed by atoms with Gasteiger partial charge >= 0.3 is 0 Å². The van der Waals surface area contributed by atoms with Crippen LogP contribution in [0.1, 0.15) is 22.0 Å². The standard InChI is InChI=1S/C12H10BrClFNS/c1-6-4-10(17-12(6)13)11(16)7-2-3-9(15)8(14)5-7/h2-5,11H,16H2,1H3. The van der Waals surface area contributed by atoms with Gasteiger partial charge in [0.05, 0.1) is 14.9 Å². The van der Waals surface area contributed by atoms with E-state index in [0.717, 1.165) is 19.8 Å². The SMILES string of the molecule is Cc1cc(C(N)c2ccc(F)c(Cl)c2)sc1Br. The first-order valence-corrected chi connectivity index (χ1v) is 6.94. The van der Waals surface area contributed by atoms with Gasteiger partial charge in [-0.3, -0.25) is 0 Å². The molecular weight excluding hydrogens is 325 g/mol. The monoisotopic (exact) mass is 333 g/mol. The normalized spacial score (nSPS) is 12.8. The Kier molecular flexibility index (Phi) is 3.88. The topological polar surface area (TPSA) is 26.0 Å². The zero-order valence-electron chi connectivity index (χ0n) is 9.01. The molecule has 2 rings (SSSR count).